The molecule has 1 aliphatic rings. The van der Waals surface area contributed by atoms with Crippen LogP contribution >= 0.6 is 0 Å². The van der Waals surface area contributed by atoms with Gasteiger partial charge in [0.1, 0.15) is 23.1 Å². The van der Waals surface area contributed by atoms with E-state index in [2.05, 4.69) is 15.0 Å². The van der Waals surface area contributed by atoms with Crippen molar-refractivity contribution in [2.45, 2.75) is 4.90 Å². The van der Waals surface area contributed by atoms with Gasteiger partial charge in [0.25, 0.3) is 15.9 Å². The Hall–Kier alpha value is -3.25. The zero-order valence-electron chi connectivity index (χ0n) is 11.9. The summed E-state index contributed by atoms with van der Waals surface area (Å²) >= 11 is 0. The highest BCUT2D eigenvalue weighted by Gasteiger charge is 2.22. The average Bonchev–Trinajstić information content (AvgIpc) is 2.56. The molecule has 0 aromatic heterocycles. The number of carbonyl (C=O) groups is 1. The Morgan fingerprint density at radius 1 is 1.25 bits per heavy atom. The molecule has 7 nitrogen and oxygen atoms in total. The third kappa shape index (κ3) is 2.82. The number of halogens is 1. The van der Waals surface area contributed by atoms with E-state index in [9.17, 15) is 17.6 Å². The highest BCUT2D eigenvalue weighted by molar-refractivity contribution is 7.90. The molecule has 9 heteroatoms. The molecule has 1 aliphatic heterocycles. The number of nitriles is 1. The molecule has 1 amide bonds. The van der Waals surface area contributed by atoms with E-state index in [-0.39, 0.29) is 27.4 Å². The molecule has 0 spiro atoms. The van der Waals surface area contributed by atoms with E-state index in [0.717, 1.165) is 12.4 Å². The molecule has 0 bridgehead atoms. The lowest BCUT2D eigenvalue weighted by Crippen LogP contribution is -2.25. The Bertz CT molecular complexity index is 1030. The number of fused-ring (bicyclic) bond motifs is 1. The van der Waals surface area contributed by atoms with Gasteiger partial charge in [-0.25, -0.2) is 17.8 Å². The number of amides is 1. The largest absolute Gasteiger partial charge is 0.322 e. The molecule has 24 heavy (non-hydrogen) atoms. The molecular formula is C15H9FN4O3S. The predicted molar refractivity (Wildman–Crippen MR) is 84.0 cm³/mol. The Balaban J connectivity index is 1.92. The Morgan fingerprint density at radius 3 is 2.79 bits per heavy atom. The van der Waals surface area contributed by atoms with Crippen LogP contribution in [-0.2, 0) is 10.0 Å². The van der Waals surface area contributed by atoms with E-state index >= 15 is 0 Å². The van der Waals surface area contributed by atoms with Crippen LogP contribution in [0.2, 0.25) is 0 Å². The van der Waals surface area contributed by atoms with Crippen LogP contribution in [0.1, 0.15) is 15.9 Å². The lowest BCUT2D eigenvalue weighted by Gasteiger charge is -2.13. The number of nitrogens with zero attached hydrogens (tertiary/aromatic N) is 2. The maximum absolute atomic E-state index is 13.3. The number of nitrogens with one attached hydrogen (secondary N) is 2. The fraction of sp³-hybridized carbons (Fsp3) is 0. The summed E-state index contributed by atoms with van der Waals surface area (Å²) in [6.07, 6.45) is 1.05. The topological polar surface area (TPSA) is 111 Å². The van der Waals surface area contributed by atoms with E-state index in [4.69, 9.17) is 5.26 Å². The summed E-state index contributed by atoms with van der Waals surface area (Å²) in [5.41, 5.74) is 0.312. The highest BCUT2D eigenvalue weighted by Crippen LogP contribution is 2.27. The van der Waals surface area contributed by atoms with E-state index in [1.165, 1.54) is 30.3 Å². The summed E-state index contributed by atoms with van der Waals surface area (Å²) in [6.45, 7) is 0. The van der Waals surface area contributed by atoms with Gasteiger partial charge in [-0.15, -0.1) is 0 Å². The molecule has 3 rings (SSSR count). The molecule has 0 saturated carbocycles. The second-order valence-corrected chi connectivity index (χ2v) is 6.50. The number of hydrogen-bond acceptors (Lipinski definition) is 5. The third-order valence-electron chi connectivity index (χ3n) is 3.27. The van der Waals surface area contributed by atoms with Crippen LogP contribution in [0.3, 0.4) is 0 Å². The van der Waals surface area contributed by atoms with Gasteiger partial charge in [0.2, 0.25) is 0 Å². The van der Waals surface area contributed by atoms with E-state index < -0.39 is 21.7 Å². The molecule has 2 aromatic carbocycles. The summed E-state index contributed by atoms with van der Waals surface area (Å²) < 4.78 is 39.2. The molecule has 0 radical (unpaired) electrons. The average molecular weight is 344 g/mol. The molecule has 120 valence electrons. The quantitative estimate of drug-likeness (QED) is 0.866. The molecular weight excluding hydrogens is 335 g/mol. The molecule has 1 heterocycles. The normalized spacial score (nSPS) is 14.2. The fourth-order valence-electron chi connectivity index (χ4n) is 2.10. The number of hydrogen-bond donors (Lipinski definition) is 2. The molecule has 0 saturated heterocycles. The Kier molecular flexibility index (Phi) is 3.75. The first-order chi connectivity index (χ1) is 11.4. The van der Waals surface area contributed by atoms with Crippen LogP contribution in [0.15, 0.2) is 46.3 Å². The zero-order valence-corrected chi connectivity index (χ0v) is 12.8. The van der Waals surface area contributed by atoms with Gasteiger partial charge in [-0.2, -0.15) is 5.26 Å². The maximum Gasteiger partial charge on any atom is 0.264 e. The molecule has 0 fully saturated rings. The minimum absolute atomic E-state index is 0.0825. The van der Waals surface area contributed by atoms with Crippen molar-refractivity contribution >= 4 is 33.6 Å². The van der Waals surface area contributed by atoms with Crippen molar-refractivity contribution in [3.63, 3.8) is 0 Å². The molecule has 2 N–H and O–H groups in total. The monoisotopic (exact) mass is 344 g/mol. The van der Waals surface area contributed by atoms with Crippen molar-refractivity contribution in [3.8, 4) is 6.07 Å². The van der Waals surface area contributed by atoms with Gasteiger partial charge in [0.15, 0.2) is 0 Å². The van der Waals surface area contributed by atoms with Gasteiger partial charge >= 0.3 is 0 Å². The first kappa shape index (κ1) is 15.6. The standard InChI is InChI=1S/C15H9FN4O3S/c16-12-3-2-11(5-10(12)7-17)20-15(21)9-1-4-13-14(6-9)24(22,23)19-8-18-13/h1-6,8H,(H,18,19)(H,20,21). The number of anilines is 1. The number of rotatable bonds is 2. The molecule has 2 aromatic rings. The minimum Gasteiger partial charge on any atom is -0.322 e. The lowest BCUT2D eigenvalue weighted by atomic mass is 10.1. The number of aliphatic imine (C=N–C) groups is 1. The van der Waals surface area contributed by atoms with Gasteiger partial charge in [-0.1, -0.05) is 0 Å². The van der Waals surface area contributed by atoms with E-state index in [1.807, 2.05) is 0 Å². The maximum atomic E-state index is 13.3. The smallest absolute Gasteiger partial charge is 0.264 e. The highest BCUT2D eigenvalue weighted by atomic mass is 32.2. The number of carbonyl (C=O) groups excluding carboxylic acids is 1. The van der Waals surface area contributed by atoms with E-state index in [1.54, 1.807) is 6.07 Å². The fourth-order valence-corrected chi connectivity index (χ4v) is 3.09. The van der Waals surface area contributed by atoms with Crippen LogP contribution in [0, 0.1) is 17.1 Å². The second-order valence-electron chi connectivity index (χ2n) is 4.82. The van der Waals surface area contributed by atoms with E-state index in [0.29, 0.717) is 0 Å². The molecule has 0 atom stereocenters. The SMILES string of the molecule is N#Cc1cc(NC(=O)c2ccc3c(c2)S(=O)(=O)NC=N3)ccc1F. The first-order valence-electron chi connectivity index (χ1n) is 6.60. The second kappa shape index (κ2) is 5.75. The predicted octanol–water partition coefficient (Wildman–Crippen LogP) is 1.90. The third-order valence-corrected chi connectivity index (χ3v) is 4.59. The van der Waals surface area contributed by atoms with Crippen molar-refractivity contribution < 1.29 is 17.6 Å². The summed E-state index contributed by atoms with van der Waals surface area (Å²) in [5, 5.41) is 11.3. The van der Waals surface area contributed by atoms with Gasteiger partial charge < -0.3 is 5.32 Å². The van der Waals surface area contributed by atoms with Crippen LogP contribution in [-0.4, -0.2) is 20.7 Å². The van der Waals surface area contributed by atoms with Crippen LogP contribution in [0.25, 0.3) is 0 Å². The molecule has 0 unspecified atom stereocenters. The van der Waals surface area contributed by atoms with Gasteiger partial charge in [-0.3, -0.25) is 9.52 Å². The Labute approximate surface area is 136 Å². The van der Waals surface area contributed by atoms with Crippen molar-refractivity contribution in [1.82, 2.24) is 4.72 Å². The minimum atomic E-state index is -3.76. The van der Waals surface area contributed by atoms with Crippen LogP contribution in [0.5, 0.6) is 0 Å². The van der Waals surface area contributed by atoms with Crippen LogP contribution in [0.4, 0.5) is 15.8 Å². The Morgan fingerprint density at radius 2 is 2.04 bits per heavy atom. The summed E-state index contributed by atoms with van der Waals surface area (Å²) in [6, 6.07) is 9.24. The van der Waals surface area contributed by atoms with Gasteiger partial charge in [0, 0.05) is 11.3 Å². The van der Waals surface area contributed by atoms with Crippen molar-refractivity contribution in [3.05, 3.63) is 53.3 Å². The first-order valence-corrected chi connectivity index (χ1v) is 8.09. The lowest BCUT2D eigenvalue weighted by molar-refractivity contribution is 0.102. The van der Waals surface area contributed by atoms with Crippen molar-refractivity contribution in [2.24, 2.45) is 4.99 Å². The number of sulfonamides is 1. The van der Waals surface area contributed by atoms with Gasteiger partial charge in [-0.05, 0) is 36.4 Å². The zero-order chi connectivity index (χ0) is 17.3. The van der Waals surface area contributed by atoms with Crippen molar-refractivity contribution in [1.29, 1.82) is 5.26 Å². The number of benzene rings is 2. The summed E-state index contributed by atoms with van der Waals surface area (Å²) in [4.78, 5) is 16.0. The molecule has 0 aliphatic carbocycles. The van der Waals surface area contributed by atoms with Gasteiger partial charge in [0.05, 0.1) is 11.3 Å². The van der Waals surface area contributed by atoms with Crippen molar-refractivity contribution in [2.75, 3.05) is 5.32 Å². The summed E-state index contributed by atoms with van der Waals surface area (Å²) in [5.74, 6) is -1.29. The summed E-state index contributed by atoms with van der Waals surface area (Å²) in [7, 11) is -3.76. The van der Waals surface area contributed by atoms with Crippen LogP contribution < -0.4 is 10.0 Å².